The van der Waals surface area contributed by atoms with E-state index >= 15 is 0 Å². The number of benzene rings is 1. The zero-order valence-electron chi connectivity index (χ0n) is 12.0. The summed E-state index contributed by atoms with van der Waals surface area (Å²) < 4.78 is 4.83. The monoisotopic (exact) mass is 289 g/mol. The van der Waals surface area contributed by atoms with Gasteiger partial charge in [0, 0.05) is 25.3 Å². The maximum atomic E-state index is 12.1. The van der Waals surface area contributed by atoms with Gasteiger partial charge in [-0.3, -0.25) is 4.79 Å². The first-order chi connectivity index (χ1) is 10.0. The predicted octanol–water partition coefficient (Wildman–Crippen LogP) is 1.51. The van der Waals surface area contributed by atoms with Crippen molar-refractivity contribution in [1.82, 2.24) is 4.90 Å². The van der Waals surface area contributed by atoms with Gasteiger partial charge in [-0.2, -0.15) is 0 Å². The lowest BCUT2D eigenvalue weighted by atomic mass is 10.0. The van der Waals surface area contributed by atoms with E-state index in [4.69, 9.17) is 4.74 Å². The van der Waals surface area contributed by atoms with Gasteiger partial charge in [0.1, 0.15) is 11.8 Å². The van der Waals surface area contributed by atoms with Crippen LogP contribution in [0.25, 0.3) is 0 Å². The predicted molar refractivity (Wildman–Crippen MR) is 77.6 cm³/mol. The lowest BCUT2D eigenvalue weighted by Crippen LogP contribution is -2.44. The molecule has 0 saturated carbocycles. The van der Waals surface area contributed by atoms with Crippen molar-refractivity contribution in [2.75, 3.05) is 13.7 Å². The molecule has 0 bridgehead atoms. The lowest BCUT2D eigenvalue weighted by molar-refractivity contribution is -0.151. The normalized spacial score (nSPS) is 19.4. The van der Waals surface area contributed by atoms with E-state index in [1.54, 1.807) is 35.2 Å². The van der Waals surface area contributed by atoms with Crippen LogP contribution >= 0.6 is 0 Å². The average molecular weight is 289 g/mol. The van der Waals surface area contributed by atoms with Crippen LogP contribution in [0.1, 0.15) is 12.0 Å². The highest BCUT2D eigenvalue weighted by atomic mass is 16.5. The van der Waals surface area contributed by atoms with Crippen LogP contribution < -0.4 is 0 Å². The Morgan fingerprint density at radius 2 is 2.19 bits per heavy atom. The van der Waals surface area contributed by atoms with Crippen molar-refractivity contribution >= 4 is 11.9 Å². The number of methoxy groups -OCH3 is 1. The molecular formula is C16H19NO4. The van der Waals surface area contributed by atoms with Gasteiger partial charge in [0.15, 0.2) is 0 Å². The summed E-state index contributed by atoms with van der Waals surface area (Å²) in [7, 11) is 1.32. The Morgan fingerprint density at radius 1 is 1.52 bits per heavy atom. The number of aromatic hydroxyl groups is 1. The second kappa shape index (κ2) is 6.43. The highest BCUT2D eigenvalue weighted by Gasteiger charge is 2.37. The molecule has 0 spiro atoms. The zero-order valence-corrected chi connectivity index (χ0v) is 12.0. The fourth-order valence-electron chi connectivity index (χ4n) is 2.53. The molecule has 1 N–H and O–H groups in total. The molecule has 1 aliphatic rings. The highest BCUT2D eigenvalue weighted by molar-refractivity contribution is 5.86. The second-order valence-electron chi connectivity index (χ2n) is 5.16. The molecule has 1 aromatic rings. The van der Waals surface area contributed by atoms with Crippen LogP contribution in [-0.4, -0.2) is 41.6 Å². The van der Waals surface area contributed by atoms with Crippen LogP contribution in [0.5, 0.6) is 5.75 Å². The highest BCUT2D eigenvalue weighted by Crippen LogP contribution is 2.23. The maximum absolute atomic E-state index is 12.1. The van der Waals surface area contributed by atoms with Crippen LogP contribution in [0.3, 0.4) is 0 Å². The number of hydrogen-bond donors (Lipinski definition) is 1. The molecule has 112 valence electrons. The number of phenols is 1. The van der Waals surface area contributed by atoms with Crippen LogP contribution in [0.2, 0.25) is 0 Å². The number of esters is 1. The summed E-state index contributed by atoms with van der Waals surface area (Å²) >= 11 is 0. The number of rotatable bonds is 5. The standard InChI is InChI=1S/C16H19NO4/c1-3-11-9-15(19)17(10-11)14(16(20)21-2)8-12-4-6-13(18)7-5-12/h3-7,11,14,18H,1,8-10H2,2H3/t11?,14-/m0/s1. The largest absolute Gasteiger partial charge is 0.508 e. The average Bonchev–Trinajstić information content (AvgIpc) is 2.87. The second-order valence-corrected chi connectivity index (χ2v) is 5.16. The molecule has 0 radical (unpaired) electrons. The number of nitrogens with zero attached hydrogens (tertiary/aromatic N) is 1. The summed E-state index contributed by atoms with van der Waals surface area (Å²) in [5.41, 5.74) is 0.859. The first-order valence-electron chi connectivity index (χ1n) is 6.83. The Balaban J connectivity index is 2.18. The van der Waals surface area contributed by atoms with Gasteiger partial charge in [-0.05, 0) is 17.7 Å². The number of likely N-dealkylation sites (tertiary alicyclic amines) is 1. The Kier molecular flexibility index (Phi) is 4.62. The third-order valence-electron chi connectivity index (χ3n) is 3.74. The minimum absolute atomic E-state index is 0.0610. The summed E-state index contributed by atoms with van der Waals surface area (Å²) in [5.74, 6) is -0.253. The molecule has 1 fully saturated rings. The Labute approximate surface area is 123 Å². The van der Waals surface area contributed by atoms with Gasteiger partial charge in [0.05, 0.1) is 7.11 Å². The third kappa shape index (κ3) is 3.42. The molecule has 1 saturated heterocycles. The first-order valence-corrected chi connectivity index (χ1v) is 6.83. The van der Waals surface area contributed by atoms with Gasteiger partial charge < -0.3 is 14.7 Å². The van der Waals surface area contributed by atoms with E-state index in [1.165, 1.54) is 7.11 Å². The molecule has 1 aliphatic heterocycles. The maximum Gasteiger partial charge on any atom is 0.328 e. The van der Waals surface area contributed by atoms with Crippen LogP contribution in [0, 0.1) is 5.92 Å². The van der Waals surface area contributed by atoms with Crippen LogP contribution in [-0.2, 0) is 20.7 Å². The van der Waals surface area contributed by atoms with Gasteiger partial charge in [-0.1, -0.05) is 18.2 Å². The summed E-state index contributed by atoms with van der Waals surface area (Å²) in [6, 6.07) is 5.94. The van der Waals surface area contributed by atoms with E-state index < -0.39 is 12.0 Å². The third-order valence-corrected chi connectivity index (χ3v) is 3.74. The van der Waals surface area contributed by atoms with Gasteiger partial charge in [0.2, 0.25) is 5.91 Å². The Morgan fingerprint density at radius 3 is 2.71 bits per heavy atom. The van der Waals surface area contributed by atoms with E-state index in [0.717, 1.165) is 5.56 Å². The van der Waals surface area contributed by atoms with Crippen molar-refractivity contribution in [2.24, 2.45) is 5.92 Å². The molecule has 0 aliphatic carbocycles. The van der Waals surface area contributed by atoms with Crippen molar-refractivity contribution in [3.05, 3.63) is 42.5 Å². The van der Waals surface area contributed by atoms with E-state index in [0.29, 0.717) is 19.4 Å². The number of carbonyl (C=O) groups is 2. The number of hydrogen-bond acceptors (Lipinski definition) is 4. The molecular weight excluding hydrogens is 270 g/mol. The number of ether oxygens (including phenoxy) is 1. The number of amides is 1. The number of phenolic OH excluding ortho intramolecular Hbond substituents is 1. The quantitative estimate of drug-likeness (QED) is 0.659. The molecule has 1 aromatic carbocycles. The molecule has 2 atom stereocenters. The van der Waals surface area contributed by atoms with Crippen molar-refractivity contribution in [3.63, 3.8) is 0 Å². The van der Waals surface area contributed by atoms with Crippen LogP contribution in [0.4, 0.5) is 0 Å². The van der Waals surface area contributed by atoms with Crippen molar-refractivity contribution in [2.45, 2.75) is 18.9 Å². The zero-order chi connectivity index (χ0) is 15.4. The minimum Gasteiger partial charge on any atom is -0.508 e. The minimum atomic E-state index is -0.642. The summed E-state index contributed by atoms with van der Waals surface area (Å²) in [5, 5.41) is 9.30. The first kappa shape index (κ1) is 15.1. The van der Waals surface area contributed by atoms with Crippen molar-refractivity contribution in [1.29, 1.82) is 0 Å². The van der Waals surface area contributed by atoms with Crippen LogP contribution in [0.15, 0.2) is 36.9 Å². The van der Waals surface area contributed by atoms with Gasteiger partial charge in [-0.25, -0.2) is 4.79 Å². The van der Waals surface area contributed by atoms with E-state index in [1.807, 2.05) is 0 Å². The molecule has 1 amide bonds. The Bertz CT molecular complexity index is 538. The lowest BCUT2D eigenvalue weighted by Gasteiger charge is -2.26. The smallest absolute Gasteiger partial charge is 0.328 e. The van der Waals surface area contributed by atoms with Gasteiger partial charge >= 0.3 is 5.97 Å². The Hall–Kier alpha value is -2.30. The molecule has 1 unspecified atom stereocenters. The van der Waals surface area contributed by atoms with E-state index in [2.05, 4.69) is 6.58 Å². The molecule has 0 aromatic heterocycles. The van der Waals surface area contributed by atoms with Crippen molar-refractivity contribution in [3.8, 4) is 5.75 Å². The SMILES string of the molecule is C=CC1CC(=O)N([C@@H](Cc2ccc(O)cc2)C(=O)OC)C1. The summed E-state index contributed by atoms with van der Waals surface area (Å²) in [4.78, 5) is 25.7. The van der Waals surface area contributed by atoms with Gasteiger partial charge in [-0.15, -0.1) is 6.58 Å². The fourth-order valence-corrected chi connectivity index (χ4v) is 2.53. The van der Waals surface area contributed by atoms with E-state index in [9.17, 15) is 14.7 Å². The molecule has 2 rings (SSSR count). The molecule has 5 nitrogen and oxygen atoms in total. The van der Waals surface area contributed by atoms with Gasteiger partial charge in [0.25, 0.3) is 0 Å². The summed E-state index contributed by atoms with van der Waals surface area (Å²) in [6.07, 6.45) is 2.49. The molecule has 1 heterocycles. The topological polar surface area (TPSA) is 66.8 Å². The van der Waals surface area contributed by atoms with Crippen molar-refractivity contribution < 1.29 is 19.4 Å². The summed E-state index contributed by atoms with van der Waals surface area (Å²) in [6.45, 7) is 4.19. The van der Waals surface area contributed by atoms with E-state index in [-0.39, 0.29) is 17.6 Å². The molecule has 21 heavy (non-hydrogen) atoms. The molecule has 5 heteroatoms. The number of carbonyl (C=O) groups excluding carboxylic acids is 2. The fraction of sp³-hybridized carbons (Fsp3) is 0.375.